The summed E-state index contributed by atoms with van der Waals surface area (Å²) in [5, 5.41) is 7.12. The van der Waals surface area contributed by atoms with Crippen LogP contribution in [0.1, 0.15) is 45.7 Å². The molecule has 1 aromatic rings. The second kappa shape index (κ2) is 7.79. The van der Waals surface area contributed by atoms with Crippen molar-refractivity contribution in [3.8, 4) is 0 Å². The first-order valence-corrected chi connectivity index (χ1v) is 7.74. The van der Waals surface area contributed by atoms with Gasteiger partial charge in [0.25, 0.3) is 0 Å². The van der Waals surface area contributed by atoms with E-state index in [4.69, 9.17) is 20.4 Å². The normalized spacial score (nSPS) is 19.7. The Kier molecular flexibility index (Phi) is 6.45. The van der Waals surface area contributed by atoms with Crippen molar-refractivity contribution >= 4 is 17.7 Å². The molecular formula is C16H22F3N3O4. The Labute approximate surface area is 148 Å². The van der Waals surface area contributed by atoms with Gasteiger partial charge in [0, 0.05) is 18.4 Å². The number of anilines is 1. The molecule has 0 aromatic carbocycles. The van der Waals surface area contributed by atoms with E-state index in [1.165, 1.54) is 0 Å². The number of nitrogen functional groups attached to an aromatic ring is 1. The summed E-state index contributed by atoms with van der Waals surface area (Å²) < 4.78 is 37.2. The van der Waals surface area contributed by atoms with E-state index in [0.29, 0.717) is 5.69 Å². The summed E-state index contributed by atoms with van der Waals surface area (Å²) in [6.45, 7) is 7.62. The fourth-order valence-electron chi connectivity index (χ4n) is 2.30. The van der Waals surface area contributed by atoms with Gasteiger partial charge in [-0.2, -0.15) is 13.2 Å². The SMILES string of the molecule is CC1CC(c2cncc(N)c2)N1C(=O)OC(C)(C)C.O=C(O)C(F)(F)F. The monoisotopic (exact) mass is 377 g/mol. The number of aromatic nitrogens is 1. The number of hydrogen-bond donors (Lipinski definition) is 2. The van der Waals surface area contributed by atoms with Gasteiger partial charge in [0.1, 0.15) is 5.60 Å². The van der Waals surface area contributed by atoms with Crippen LogP contribution >= 0.6 is 0 Å². The van der Waals surface area contributed by atoms with Crippen LogP contribution < -0.4 is 5.73 Å². The smallest absolute Gasteiger partial charge is 0.475 e. The highest BCUT2D eigenvalue weighted by Crippen LogP contribution is 2.39. The van der Waals surface area contributed by atoms with Crippen molar-refractivity contribution in [1.29, 1.82) is 0 Å². The van der Waals surface area contributed by atoms with E-state index < -0.39 is 17.7 Å². The molecule has 1 amide bonds. The van der Waals surface area contributed by atoms with Crippen molar-refractivity contribution in [2.24, 2.45) is 0 Å². The Hall–Kier alpha value is -2.52. The number of ether oxygens (including phenoxy) is 1. The first kappa shape index (κ1) is 21.5. The molecule has 2 heterocycles. The van der Waals surface area contributed by atoms with Crippen LogP contribution in [-0.2, 0) is 9.53 Å². The third kappa shape index (κ3) is 6.08. The molecule has 0 spiro atoms. The number of likely N-dealkylation sites (tertiary alicyclic amines) is 1. The molecule has 7 nitrogen and oxygen atoms in total. The summed E-state index contributed by atoms with van der Waals surface area (Å²) in [6, 6.07) is 2.06. The number of pyridine rings is 1. The summed E-state index contributed by atoms with van der Waals surface area (Å²) in [6.07, 6.45) is -1.10. The van der Waals surface area contributed by atoms with Gasteiger partial charge in [0.2, 0.25) is 0 Å². The molecule has 1 aromatic heterocycles. The van der Waals surface area contributed by atoms with Gasteiger partial charge in [-0.1, -0.05) is 0 Å². The molecule has 2 unspecified atom stereocenters. The van der Waals surface area contributed by atoms with Crippen molar-refractivity contribution in [1.82, 2.24) is 9.88 Å². The Bertz CT molecular complexity index is 659. The lowest BCUT2D eigenvalue weighted by atomic mass is 9.89. The van der Waals surface area contributed by atoms with E-state index in [9.17, 15) is 18.0 Å². The van der Waals surface area contributed by atoms with Crippen LogP contribution in [0.25, 0.3) is 0 Å². The average molecular weight is 377 g/mol. The van der Waals surface area contributed by atoms with Gasteiger partial charge in [-0.15, -0.1) is 0 Å². The Morgan fingerprint density at radius 3 is 2.23 bits per heavy atom. The van der Waals surface area contributed by atoms with Gasteiger partial charge in [-0.3, -0.25) is 9.88 Å². The number of alkyl halides is 3. The first-order chi connectivity index (χ1) is 11.7. The van der Waals surface area contributed by atoms with Gasteiger partial charge in [0.15, 0.2) is 0 Å². The first-order valence-electron chi connectivity index (χ1n) is 7.74. The van der Waals surface area contributed by atoms with E-state index >= 15 is 0 Å². The highest BCUT2D eigenvalue weighted by molar-refractivity contribution is 5.73. The van der Waals surface area contributed by atoms with Gasteiger partial charge in [0.05, 0.1) is 11.7 Å². The minimum atomic E-state index is -5.08. The van der Waals surface area contributed by atoms with E-state index in [0.717, 1.165) is 12.0 Å². The minimum Gasteiger partial charge on any atom is -0.475 e. The molecule has 1 fully saturated rings. The van der Waals surface area contributed by atoms with Gasteiger partial charge in [-0.25, -0.2) is 9.59 Å². The number of rotatable bonds is 1. The number of aliphatic carboxylic acids is 1. The molecule has 0 aliphatic carbocycles. The summed E-state index contributed by atoms with van der Waals surface area (Å²) in [7, 11) is 0. The fourth-order valence-corrected chi connectivity index (χ4v) is 2.30. The van der Waals surface area contributed by atoms with Crippen LogP contribution in [0.3, 0.4) is 0 Å². The molecule has 1 aliphatic heterocycles. The average Bonchev–Trinajstić information content (AvgIpc) is 2.41. The molecular weight excluding hydrogens is 355 g/mol. The summed E-state index contributed by atoms with van der Waals surface area (Å²) in [5.41, 5.74) is 6.83. The molecule has 0 bridgehead atoms. The maximum atomic E-state index is 12.2. The van der Waals surface area contributed by atoms with E-state index in [-0.39, 0.29) is 18.2 Å². The number of carbonyl (C=O) groups excluding carboxylic acids is 1. The maximum absolute atomic E-state index is 12.2. The second-order valence-electron chi connectivity index (χ2n) is 6.84. The Balaban J connectivity index is 0.000000412. The predicted octanol–water partition coefficient (Wildman–Crippen LogP) is 3.37. The molecule has 2 rings (SSSR count). The van der Waals surface area contributed by atoms with Gasteiger partial charge >= 0.3 is 18.2 Å². The van der Waals surface area contributed by atoms with Crippen LogP contribution in [0, 0.1) is 0 Å². The van der Waals surface area contributed by atoms with Crippen LogP contribution in [0.15, 0.2) is 18.5 Å². The number of carboxylic acids is 1. The maximum Gasteiger partial charge on any atom is 0.490 e. The van der Waals surface area contributed by atoms with E-state index in [2.05, 4.69) is 4.98 Å². The molecule has 10 heteroatoms. The quantitative estimate of drug-likeness (QED) is 0.777. The lowest BCUT2D eigenvalue weighted by Gasteiger charge is -2.47. The number of nitrogens with two attached hydrogens (primary N) is 1. The zero-order valence-electron chi connectivity index (χ0n) is 14.9. The van der Waals surface area contributed by atoms with Crippen LogP contribution in [0.5, 0.6) is 0 Å². The third-order valence-electron chi connectivity index (χ3n) is 3.39. The number of carboxylic acid groups (broad SMARTS) is 1. The molecule has 1 aliphatic rings. The van der Waals surface area contributed by atoms with Crippen molar-refractivity contribution in [2.45, 2.75) is 58.0 Å². The number of halogens is 3. The highest BCUT2D eigenvalue weighted by Gasteiger charge is 2.42. The third-order valence-corrected chi connectivity index (χ3v) is 3.39. The van der Waals surface area contributed by atoms with Crippen molar-refractivity contribution < 1.29 is 32.6 Å². The number of hydrogen-bond acceptors (Lipinski definition) is 5. The van der Waals surface area contributed by atoms with Crippen LogP contribution in [-0.4, -0.2) is 44.9 Å². The molecule has 0 saturated carbocycles. The van der Waals surface area contributed by atoms with Gasteiger partial charge < -0.3 is 15.6 Å². The molecule has 0 radical (unpaired) electrons. The van der Waals surface area contributed by atoms with Crippen LogP contribution in [0.2, 0.25) is 0 Å². The largest absolute Gasteiger partial charge is 0.490 e. The number of amides is 1. The van der Waals surface area contributed by atoms with E-state index in [1.54, 1.807) is 17.3 Å². The summed E-state index contributed by atoms with van der Waals surface area (Å²) in [5.74, 6) is -2.76. The molecule has 3 N–H and O–H groups in total. The summed E-state index contributed by atoms with van der Waals surface area (Å²) in [4.78, 5) is 26.9. The Morgan fingerprint density at radius 1 is 1.31 bits per heavy atom. The van der Waals surface area contributed by atoms with Crippen molar-refractivity contribution in [3.05, 3.63) is 24.0 Å². The standard InChI is InChI=1S/C14H21N3O2.C2HF3O2/c1-9-5-12(10-6-11(15)8-16-7-10)17(9)13(18)19-14(2,3)4;3-2(4,5)1(6)7/h6-9,12H,5,15H2,1-4H3;(H,6,7). The minimum absolute atomic E-state index is 0.0147. The van der Waals surface area contributed by atoms with E-state index in [1.807, 2.05) is 33.8 Å². The summed E-state index contributed by atoms with van der Waals surface area (Å²) >= 11 is 0. The lowest BCUT2D eigenvalue weighted by molar-refractivity contribution is -0.192. The zero-order valence-corrected chi connectivity index (χ0v) is 14.9. The van der Waals surface area contributed by atoms with Gasteiger partial charge in [-0.05, 0) is 45.7 Å². The molecule has 1 saturated heterocycles. The van der Waals surface area contributed by atoms with Crippen molar-refractivity contribution in [2.75, 3.05) is 5.73 Å². The Morgan fingerprint density at radius 2 is 1.85 bits per heavy atom. The predicted molar refractivity (Wildman–Crippen MR) is 87.2 cm³/mol. The second-order valence-corrected chi connectivity index (χ2v) is 6.84. The lowest BCUT2D eigenvalue weighted by Crippen LogP contribution is -2.53. The molecule has 2 atom stereocenters. The van der Waals surface area contributed by atoms with Crippen LogP contribution in [0.4, 0.5) is 23.7 Å². The number of carbonyl (C=O) groups is 2. The number of nitrogens with zero attached hydrogens (tertiary/aromatic N) is 2. The molecule has 146 valence electrons. The topological polar surface area (TPSA) is 106 Å². The molecule has 26 heavy (non-hydrogen) atoms. The fraction of sp³-hybridized carbons (Fsp3) is 0.562. The highest BCUT2D eigenvalue weighted by atomic mass is 19.4. The van der Waals surface area contributed by atoms with Crippen molar-refractivity contribution in [3.63, 3.8) is 0 Å². The zero-order chi connectivity index (χ0) is 20.3.